The molecule has 3 amide bonds. The number of hydrogen-bond donors (Lipinski definition) is 1. The Balaban J connectivity index is 1.32. The van der Waals surface area contributed by atoms with Crippen molar-refractivity contribution < 1.29 is 14.4 Å². The molecule has 0 saturated carbocycles. The highest BCUT2D eigenvalue weighted by Gasteiger charge is 2.41. The summed E-state index contributed by atoms with van der Waals surface area (Å²) in [6.45, 7) is 3.46. The number of fused-ring (bicyclic) bond motifs is 2. The summed E-state index contributed by atoms with van der Waals surface area (Å²) < 4.78 is 0. The molecule has 0 aromatic heterocycles. The minimum atomic E-state index is -0.410. The first kappa shape index (κ1) is 21.9. The van der Waals surface area contributed by atoms with Crippen molar-refractivity contribution in [1.29, 1.82) is 0 Å². The number of anilines is 1. The Morgan fingerprint density at radius 1 is 0.941 bits per heavy atom. The van der Waals surface area contributed by atoms with E-state index in [2.05, 4.69) is 5.32 Å². The van der Waals surface area contributed by atoms with Crippen molar-refractivity contribution in [2.24, 2.45) is 0 Å². The van der Waals surface area contributed by atoms with Crippen molar-refractivity contribution in [3.05, 3.63) is 101 Å². The summed E-state index contributed by atoms with van der Waals surface area (Å²) in [6.07, 6.45) is 1.53. The van der Waals surface area contributed by atoms with Crippen molar-refractivity contribution in [3.8, 4) is 0 Å². The zero-order chi connectivity index (χ0) is 23.7. The van der Waals surface area contributed by atoms with E-state index in [0.29, 0.717) is 42.9 Å². The van der Waals surface area contributed by atoms with Crippen molar-refractivity contribution in [2.75, 3.05) is 11.4 Å². The number of hydrogen-bond acceptors (Lipinski definition) is 3. The van der Waals surface area contributed by atoms with Crippen molar-refractivity contribution in [1.82, 2.24) is 10.2 Å². The second-order valence-corrected chi connectivity index (χ2v) is 8.96. The lowest BCUT2D eigenvalue weighted by atomic mass is 10.1. The van der Waals surface area contributed by atoms with Crippen LogP contribution >= 0.6 is 0 Å². The van der Waals surface area contributed by atoms with Gasteiger partial charge in [0, 0.05) is 18.7 Å². The van der Waals surface area contributed by atoms with E-state index >= 15 is 0 Å². The first-order valence-electron chi connectivity index (χ1n) is 11.7. The zero-order valence-corrected chi connectivity index (χ0v) is 19.2. The molecule has 0 unspecified atom stereocenters. The highest BCUT2D eigenvalue weighted by molar-refractivity contribution is 6.11. The Bertz CT molecular complexity index is 1230. The SMILES string of the molecule is Cc1ccc(CNC(=O)c2ccc(CN3C(=O)[C@@H]4CCCN4C(=O)c4ccccc43)cc2)cc1. The van der Waals surface area contributed by atoms with Crippen LogP contribution in [0.25, 0.3) is 0 Å². The normalized spacial score (nSPS) is 17.3. The minimum Gasteiger partial charge on any atom is -0.348 e. The van der Waals surface area contributed by atoms with Gasteiger partial charge in [-0.05, 0) is 55.2 Å². The molecule has 2 aliphatic heterocycles. The van der Waals surface area contributed by atoms with Crippen LogP contribution < -0.4 is 10.2 Å². The molecule has 6 heteroatoms. The van der Waals surface area contributed by atoms with E-state index in [1.165, 1.54) is 5.56 Å². The number of benzene rings is 3. The summed E-state index contributed by atoms with van der Waals surface area (Å²) >= 11 is 0. The zero-order valence-electron chi connectivity index (χ0n) is 19.2. The molecular weight excluding hydrogens is 426 g/mol. The van der Waals surface area contributed by atoms with Crippen LogP contribution in [0, 0.1) is 6.92 Å². The molecule has 2 aliphatic rings. The fraction of sp³-hybridized carbons (Fsp3) is 0.250. The van der Waals surface area contributed by atoms with Gasteiger partial charge in [0.15, 0.2) is 0 Å². The number of nitrogens with one attached hydrogen (secondary N) is 1. The molecule has 34 heavy (non-hydrogen) atoms. The average molecular weight is 454 g/mol. The molecule has 0 spiro atoms. The van der Waals surface area contributed by atoms with Crippen LogP contribution in [0.15, 0.2) is 72.8 Å². The lowest BCUT2D eigenvalue weighted by Crippen LogP contribution is -2.44. The predicted molar refractivity (Wildman–Crippen MR) is 130 cm³/mol. The van der Waals surface area contributed by atoms with Gasteiger partial charge in [0.1, 0.15) is 6.04 Å². The monoisotopic (exact) mass is 453 g/mol. The molecule has 172 valence electrons. The van der Waals surface area contributed by atoms with Crippen molar-refractivity contribution in [2.45, 2.75) is 38.9 Å². The number of carbonyl (C=O) groups is 3. The van der Waals surface area contributed by atoms with Gasteiger partial charge in [0.25, 0.3) is 11.8 Å². The lowest BCUT2D eigenvalue weighted by molar-refractivity contribution is -0.122. The molecule has 0 radical (unpaired) electrons. The van der Waals surface area contributed by atoms with E-state index in [9.17, 15) is 14.4 Å². The van der Waals surface area contributed by atoms with Gasteiger partial charge in [-0.15, -0.1) is 0 Å². The summed E-state index contributed by atoms with van der Waals surface area (Å²) in [6, 6.07) is 22.3. The topological polar surface area (TPSA) is 69.7 Å². The molecule has 1 saturated heterocycles. The molecular formula is C28H27N3O3. The average Bonchev–Trinajstić information content (AvgIpc) is 3.34. The largest absolute Gasteiger partial charge is 0.348 e. The van der Waals surface area contributed by atoms with Gasteiger partial charge >= 0.3 is 0 Å². The highest BCUT2D eigenvalue weighted by Crippen LogP contribution is 2.33. The Hall–Kier alpha value is -3.93. The van der Waals surface area contributed by atoms with Gasteiger partial charge in [-0.1, -0.05) is 54.1 Å². The number of rotatable bonds is 5. The van der Waals surface area contributed by atoms with E-state index < -0.39 is 6.04 Å². The van der Waals surface area contributed by atoms with Crippen LogP contribution in [-0.2, 0) is 17.9 Å². The summed E-state index contributed by atoms with van der Waals surface area (Å²) in [7, 11) is 0. The van der Waals surface area contributed by atoms with Gasteiger partial charge in [-0.3, -0.25) is 14.4 Å². The Kier molecular flexibility index (Phi) is 5.88. The number of para-hydroxylation sites is 1. The van der Waals surface area contributed by atoms with Gasteiger partial charge < -0.3 is 15.1 Å². The van der Waals surface area contributed by atoms with Crippen molar-refractivity contribution >= 4 is 23.4 Å². The number of aryl methyl sites for hydroxylation is 1. The summed E-state index contributed by atoms with van der Waals surface area (Å²) in [5.41, 5.74) is 4.90. The molecule has 0 bridgehead atoms. The lowest BCUT2D eigenvalue weighted by Gasteiger charge is -2.26. The Morgan fingerprint density at radius 3 is 2.41 bits per heavy atom. The van der Waals surface area contributed by atoms with Crippen LogP contribution in [0.5, 0.6) is 0 Å². The van der Waals surface area contributed by atoms with Crippen LogP contribution in [0.2, 0.25) is 0 Å². The molecule has 1 atom stereocenters. The Labute approximate surface area is 199 Å². The Morgan fingerprint density at radius 2 is 1.65 bits per heavy atom. The van der Waals surface area contributed by atoms with Gasteiger partial charge in [0.05, 0.1) is 17.8 Å². The number of carbonyl (C=O) groups excluding carboxylic acids is 3. The third-order valence-corrected chi connectivity index (χ3v) is 6.62. The van der Waals surface area contributed by atoms with Crippen LogP contribution in [0.3, 0.4) is 0 Å². The second kappa shape index (κ2) is 9.14. The fourth-order valence-electron chi connectivity index (χ4n) is 4.71. The van der Waals surface area contributed by atoms with E-state index in [0.717, 1.165) is 17.5 Å². The first-order valence-corrected chi connectivity index (χ1v) is 11.7. The quantitative estimate of drug-likeness (QED) is 0.633. The molecule has 6 nitrogen and oxygen atoms in total. The molecule has 0 aliphatic carbocycles. The maximum atomic E-state index is 13.4. The van der Waals surface area contributed by atoms with Gasteiger partial charge in [0.2, 0.25) is 5.91 Å². The molecule has 3 aromatic carbocycles. The number of amides is 3. The molecule has 1 fully saturated rings. The van der Waals surface area contributed by atoms with E-state index in [4.69, 9.17) is 0 Å². The number of nitrogens with zero attached hydrogens (tertiary/aromatic N) is 2. The first-order chi connectivity index (χ1) is 16.5. The van der Waals surface area contributed by atoms with E-state index in [1.54, 1.807) is 28.0 Å². The van der Waals surface area contributed by atoms with Crippen LogP contribution in [0.4, 0.5) is 5.69 Å². The van der Waals surface area contributed by atoms with Crippen LogP contribution in [0.1, 0.15) is 50.2 Å². The standard InChI is InChI=1S/C28H27N3O3/c1-19-8-10-20(11-9-19)17-29-26(32)22-14-12-21(13-15-22)18-31-24-6-3-2-5-23(24)27(33)30-16-4-7-25(30)28(31)34/h2-3,5-6,8-15,25H,4,7,16-18H2,1H3,(H,29,32)/t25-/m0/s1. The van der Waals surface area contributed by atoms with Gasteiger partial charge in [-0.2, -0.15) is 0 Å². The van der Waals surface area contributed by atoms with E-state index in [1.807, 2.05) is 61.5 Å². The maximum Gasteiger partial charge on any atom is 0.256 e. The summed E-state index contributed by atoms with van der Waals surface area (Å²) in [5, 5.41) is 2.95. The van der Waals surface area contributed by atoms with E-state index in [-0.39, 0.29) is 17.7 Å². The van der Waals surface area contributed by atoms with Crippen LogP contribution in [-0.4, -0.2) is 35.2 Å². The highest BCUT2D eigenvalue weighted by atomic mass is 16.2. The van der Waals surface area contributed by atoms with Gasteiger partial charge in [-0.25, -0.2) is 0 Å². The molecule has 5 rings (SSSR count). The fourth-order valence-corrected chi connectivity index (χ4v) is 4.71. The maximum absolute atomic E-state index is 13.4. The molecule has 3 aromatic rings. The van der Waals surface area contributed by atoms with Crippen molar-refractivity contribution in [3.63, 3.8) is 0 Å². The third-order valence-electron chi connectivity index (χ3n) is 6.62. The smallest absolute Gasteiger partial charge is 0.256 e. The molecule has 1 N–H and O–H groups in total. The molecule has 2 heterocycles. The third kappa shape index (κ3) is 4.19. The second-order valence-electron chi connectivity index (χ2n) is 8.96. The summed E-state index contributed by atoms with van der Waals surface area (Å²) in [5.74, 6) is -0.263. The predicted octanol–water partition coefficient (Wildman–Crippen LogP) is 4.08. The summed E-state index contributed by atoms with van der Waals surface area (Å²) in [4.78, 5) is 42.5. The minimum absolute atomic E-state index is 0.0456.